The number of thiazole rings is 1. The number of nitrogens with zero attached hydrogens (tertiary/aromatic N) is 3. The Morgan fingerprint density at radius 1 is 1.48 bits per heavy atom. The number of halogens is 1. The second-order valence-electron chi connectivity index (χ2n) is 6.50. The van der Waals surface area contributed by atoms with Gasteiger partial charge in [0.25, 0.3) is 0 Å². The summed E-state index contributed by atoms with van der Waals surface area (Å²) in [6.45, 7) is 12.9. The van der Waals surface area contributed by atoms with E-state index in [2.05, 4.69) is 48.3 Å². The van der Waals surface area contributed by atoms with E-state index < -0.39 is 0 Å². The first-order chi connectivity index (χ1) is 10.3. The zero-order valence-corrected chi connectivity index (χ0v) is 18.5. The van der Waals surface area contributed by atoms with E-state index in [-0.39, 0.29) is 35.5 Å². The molecule has 1 unspecified atom stereocenters. The number of ether oxygens (including phenoxy) is 1. The Labute approximate surface area is 161 Å². The van der Waals surface area contributed by atoms with Crippen LogP contribution in [0.3, 0.4) is 0 Å². The maximum absolute atomic E-state index is 5.58. The Hall–Kier alpha value is -0.410. The average Bonchev–Trinajstić information content (AvgIpc) is 2.82. The minimum Gasteiger partial charge on any atom is -0.379 e. The Bertz CT molecular complexity index is 485. The van der Waals surface area contributed by atoms with Crippen LogP contribution in [0.25, 0.3) is 0 Å². The van der Waals surface area contributed by atoms with Gasteiger partial charge in [0.1, 0.15) is 0 Å². The number of nitrogens with one attached hydrogen (secondary N) is 1. The van der Waals surface area contributed by atoms with Crippen LogP contribution in [0.4, 0.5) is 0 Å². The molecule has 1 aromatic rings. The van der Waals surface area contributed by atoms with Crippen LogP contribution in [0.15, 0.2) is 10.4 Å². The predicted octanol–water partition coefficient (Wildman–Crippen LogP) is 3.53. The third-order valence-electron chi connectivity index (χ3n) is 3.42. The van der Waals surface area contributed by atoms with Gasteiger partial charge in [-0.15, -0.1) is 35.3 Å². The van der Waals surface area contributed by atoms with Gasteiger partial charge >= 0.3 is 0 Å². The molecule has 0 bridgehead atoms. The molecule has 134 valence electrons. The molecule has 0 aromatic carbocycles. The zero-order chi connectivity index (χ0) is 16.8. The van der Waals surface area contributed by atoms with Crippen molar-refractivity contribution in [1.82, 2.24) is 15.2 Å². The zero-order valence-electron chi connectivity index (χ0n) is 15.3. The summed E-state index contributed by atoms with van der Waals surface area (Å²) in [5, 5.41) is 6.53. The third kappa shape index (κ3) is 7.80. The van der Waals surface area contributed by atoms with Crippen molar-refractivity contribution in [3.8, 4) is 0 Å². The van der Waals surface area contributed by atoms with Crippen LogP contribution in [-0.2, 0) is 11.3 Å². The van der Waals surface area contributed by atoms with Crippen molar-refractivity contribution in [1.29, 1.82) is 0 Å². The normalized spacial score (nSPS) is 13.4. The minimum atomic E-state index is 0. The molecule has 1 heterocycles. The molecule has 5 nitrogen and oxygen atoms in total. The molecule has 0 aliphatic rings. The fraction of sp³-hybridized carbons (Fsp3) is 0.750. The van der Waals surface area contributed by atoms with Gasteiger partial charge in [0.2, 0.25) is 0 Å². The molecule has 0 saturated heterocycles. The van der Waals surface area contributed by atoms with E-state index in [4.69, 9.17) is 9.73 Å². The molecular weight excluding hydrogens is 423 g/mol. The number of aliphatic imine (C=N–C) groups is 1. The maximum atomic E-state index is 5.58. The topological polar surface area (TPSA) is 49.8 Å². The molecule has 23 heavy (non-hydrogen) atoms. The SMILES string of the molecule is CCNC(=NCC(OC)C(C)(C)C)N(C)Cc1csc(C)n1.I. The van der Waals surface area contributed by atoms with E-state index in [1.807, 2.05) is 14.0 Å². The van der Waals surface area contributed by atoms with Crippen molar-refractivity contribution in [2.75, 3.05) is 27.2 Å². The first-order valence-corrected chi connectivity index (χ1v) is 8.59. The fourth-order valence-electron chi connectivity index (χ4n) is 2.14. The second-order valence-corrected chi connectivity index (χ2v) is 7.56. The Morgan fingerprint density at radius 2 is 2.13 bits per heavy atom. The molecule has 0 saturated carbocycles. The van der Waals surface area contributed by atoms with Crippen molar-refractivity contribution < 1.29 is 4.74 Å². The van der Waals surface area contributed by atoms with Crippen LogP contribution in [0.2, 0.25) is 0 Å². The molecule has 0 spiro atoms. The van der Waals surface area contributed by atoms with Crippen LogP contribution in [0.5, 0.6) is 0 Å². The summed E-state index contributed by atoms with van der Waals surface area (Å²) in [7, 11) is 3.79. The fourth-order valence-corrected chi connectivity index (χ4v) is 2.74. The number of hydrogen-bond donors (Lipinski definition) is 1. The highest BCUT2D eigenvalue weighted by molar-refractivity contribution is 14.0. The number of aromatic nitrogens is 1. The van der Waals surface area contributed by atoms with Gasteiger partial charge in [0.05, 0.1) is 29.9 Å². The van der Waals surface area contributed by atoms with E-state index in [0.29, 0.717) is 6.54 Å². The lowest BCUT2D eigenvalue weighted by molar-refractivity contribution is 0.0240. The summed E-state index contributed by atoms with van der Waals surface area (Å²) in [4.78, 5) is 11.4. The number of methoxy groups -OCH3 is 1. The maximum Gasteiger partial charge on any atom is 0.194 e. The van der Waals surface area contributed by atoms with Gasteiger partial charge in [-0.1, -0.05) is 20.8 Å². The highest BCUT2D eigenvalue weighted by Crippen LogP contribution is 2.22. The van der Waals surface area contributed by atoms with Gasteiger partial charge in [0.15, 0.2) is 5.96 Å². The molecule has 7 heteroatoms. The second kappa shape index (κ2) is 10.5. The molecule has 0 fully saturated rings. The molecule has 1 N–H and O–H groups in total. The van der Waals surface area contributed by atoms with Crippen LogP contribution >= 0.6 is 35.3 Å². The summed E-state index contributed by atoms with van der Waals surface area (Å²) in [5.74, 6) is 0.888. The highest BCUT2D eigenvalue weighted by atomic mass is 127. The van der Waals surface area contributed by atoms with Crippen LogP contribution in [0.1, 0.15) is 38.4 Å². The summed E-state index contributed by atoms with van der Waals surface area (Å²) in [6, 6.07) is 0. The molecule has 0 aliphatic heterocycles. The van der Waals surface area contributed by atoms with Gasteiger partial charge in [-0.2, -0.15) is 0 Å². The van der Waals surface area contributed by atoms with Crippen molar-refractivity contribution >= 4 is 41.3 Å². The van der Waals surface area contributed by atoms with Gasteiger partial charge < -0.3 is 15.0 Å². The van der Waals surface area contributed by atoms with E-state index in [0.717, 1.165) is 29.8 Å². The molecule has 0 amide bonds. The predicted molar refractivity (Wildman–Crippen MR) is 110 cm³/mol. The first kappa shape index (κ1) is 22.6. The number of aryl methyl sites for hydroxylation is 1. The van der Waals surface area contributed by atoms with Crippen molar-refractivity contribution in [2.24, 2.45) is 10.4 Å². The summed E-state index contributed by atoms with van der Waals surface area (Å²) >= 11 is 1.68. The molecule has 1 rings (SSSR count). The third-order valence-corrected chi connectivity index (χ3v) is 4.24. The van der Waals surface area contributed by atoms with Crippen LogP contribution in [-0.4, -0.2) is 49.2 Å². The molecule has 0 radical (unpaired) electrons. The lowest BCUT2D eigenvalue weighted by atomic mass is 9.89. The van der Waals surface area contributed by atoms with Gasteiger partial charge in [0, 0.05) is 26.1 Å². The van der Waals surface area contributed by atoms with Crippen molar-refractivity contribution in [3.05, 3.63) is 16.1 Å². The van der Waals surface area contributed by atoms with E-state index in [1.165, 1.54) is 0 Å². The first-order valence-electron chi connectivity index (χ1n) is 7.71. The van der Waals surface area contributed by atoms with Gasteiger partial charge in [-0.25, -0.2) is 4.98 Å². The highest BCUT2D eigenvalue weighted by Gasteiger charge is 2.24. The van der Waals surface area contributed by atoms with Crippen LogP contribution in [0, 0.1) is 12.3 Å². The lowest BCUT2D eigenvalue weighted by Crippen LogP contribution is -2.40. The minimum absolute atomic E-state index is 0. The molecular formula is C16H31IN4OS. The number of guanidine groups is 1. The van der Waals surface area contributed by atoms with Gasteiger partial charge in [-0.05, 0) is 19.3 Å². The quantitative estimate of drug-likeness (QED) is 0.406. The smallest absolute Gasteiger partial charge is 0.194 e. The number of hydrogen-bond acceptors (Lipinski definition) is 4. The summed E-state index contributed by atoms with van der Waals surface area (Å²) in [5.41, 5.74) is 1.15. The average molecular weight is 454 g/mol. The largest absolute Gasteiger partial charge is 0.379 e. The Kier molecular flexibility index (Phi) is 10.3. The Balaban J connectivity index is 0.00000484. The molecule has 0 aliphatic carbocycles. The molecule has 1 atom stereocenters. The van der Waals surface area contributed by atoms with E-state index >= 15 is 0 Å². The summed E-state index contributed by atoms with van der Waals surface area (Å²) in [6.07, 6.45) is 0.0936. The van der Waals surface area contributed by atoms with Crippen LogP contribution < -0.4 is 5.32 Å². The van der Waals surface area contributed by atoms with E-state index in [9.17, 15) is 0 Å². The standard InChI is InChI=1S/C16H30N4OS.HI/c1-8-17-15(18-9-14(21-7)16(3,4)5)20(6)10-13-11-22-12(2)19-13;/h11,14H,8-10H2,1-7H3,(H,17,18);1H. The number of rotatable bonds is 6. The van der Waals surface area contributed by atoms with E-state index in [1.54, 1.807) is 18.4 Å². The lowest BCUT2D eigenvalue weighted by Gasteiger charge is -2.29. The monoisotopic (exact) mass is 454 g/mol. The Morgan fingerprint density at radius 3 is 2.57 bits per heavy atom. The van der Waals surface area contributed by atoms with Gasteiger partial charge in [-0.3, -0.25) is 4.99 Å². The summed E-state index contributed by atoms with van der Waals surface area (Å²) < 4.78 is 5.58. The van der Waals surface area contributed by atoms with Crippen molar-refractivity contribution in [3.63, 3.8) is 0 Å². The van der Waals surface area contributed by atoms with Crippen molar-refractivity contribution in [2.45, 2.75) is 47.3 Å². The molecule has 1 aromatic heterocycles.